The van der Waals surface area contributed by atoms with Crippen LogP contribution in [0.4, 0.5) is 30.7 Å². The Labute approximate surface area is 187 Å². The largest absolute Gasteiger partial charge is 0.416 e. The third-order valence-electron chi connectivity index (χ3n) is 6.79. The molecule has 1 saturated heterocycles. The highest BCUT2D eigenvalue weighted by Gasteiger charge is 2.44. The molecule has 2 fully saturated rings. The van der Waals surface area contributed by atoms with Crippen molar-refractivity contribution < 1.29 is 35.5 Å². The third kappa shape index (κ3) is 5.19. The molecule has 0 spiro atoms. The van der Waals surface area contributed by atoms with E-state index in [0.29, 0.717) is 12.3 Å². The number of benzene rings is 2. The summed E-state index contributed by atoms with van der Waals surface area (Å²) < 4.78 is 99.3. The van der Waals surface area contributed by atoms with Gasteiger partial charge in [0, 0.05) is 5.92 Å². The van der Waals surface area contributed by atoms with Crippen LogP contribution in [0.25, 0.3) is 0 Å². The number of ether oxygens (including phenoxy) is 1. The topological polar surface area (TPSA) is 21.3 Å². The van der Waals surface area contributed by atoms with Gasteiger partial charge in [0.15, 0.2) is 0 Å². The second kappa shape index (κ2) is 8.91. The Kier molecular flexibility index (Phi) is 6.48. The van der Waals surface area contributed by atoms with Crippen LogP contribution in [0.5, 0.6) is 0 Å². The minimum Gasteiger partial charge on any atom is -0.370 e. The molecule has 4 rings (SSSR count). The highest BCUT2D eigenvalue weighted by atomic mass is 19.4. The van der Waals surface area contributed by atoms with Crippen LogP contribution in [0.3, 0.4) is 0 Å². The van der Waals surface area contributed by atoms with E-state index in [9.17, 15) is 30.7 Å². The second-order valence-corrected chi connectivity index (χ2v) is 8.89. The number of hydrogen-bond acceptors (Lipinski definition) is 2. The number of alkyl halides is 6. The van der Waals surface area contributed by atoms with Crippen molar-refractivity contribution in [3.05, 3.63) is 70.5 Å². The molecule has 2 nitrogen and oxygen atoms in total. The van der Waals surface area contributed by atoms with E-state index in [1.807, 2.05) is 0 Å². The standard InChI is InChI=1S/C24H24F7NO/c1-13(16-8-17(23(26,27)28)10-18(9-16)24(29,30)31)33-21-7-4-15-11-32-12-20(15)22(21)14-2-5-19(25)6-3-14/h2-3,5-6,8-10,13,15,20-22,32H,4,7,11-12H2,1H3/t13?,15?,20?,21?,22-/m1/s1. The molecule has 1 aliphatic heterocycles. The van der Waals surface area contributed by atoms with Crippen molar-refractivity contribution in [2.75, 3.05) is 13.1 Å². The fraction of sp³-hybridized carbons (Fsp3) is 0.500. The van der Waals surface area contributed by atoms with Crippen molar-refractivity contribution in [2.24, 2.45) is 11.8 Å². The molecule has 9 heteroatoms. The van der Waals surface area contributed by atoms with E-state index in [-0.39, 0.29) is 29.3 Å². The Hall–Kier alpha value is -2.13. The first-order valence-electron chi connectivity index (χ1n) is 10.8. The lowest BCUT2D eigenvalue weighted by Gasteiger charge is -2.41. The van der Waals surface area contributed by atoms with Crippen LogP contribution in [-0.2, 0) is 17.1 Å². The Morgan fingerprint density at radius 1 is 0.879 bits per heavy atom. The first-order valence-corrected chi connectivity index (χ1v) is 10.8. The fourth-order valence-electron chi connectivity index (χ4n) is 5.18. The number of nitrogens with one attached hydrogen (secondary N) is 1. The van der Waals surface area contributed by atoms with Gasteiger partial charge in [-0.2, -0.15) is 26.3 Å². The van der Waals surface area contributed by atoms with Crippen molar-refractivity contribution in [3.63, 3.8) is 0 Å². The van der Waals surface area contributed by atoms with Gasteiger partial charge in [-0.05, 0) is 86.1 Å². The molecule has 5 atom stereocenters. The first-order chi connectivity index (χ1) is 15.4. The maximum atomic E-state index is 13.5. The van der Waals surface area contributed by atoms with E-state index in [1.54, 1.807) is 12.1 Å². The maximum Gasteiger partial charge on any atom is 0.416 e. The van der Waals surface area contributed by atoms with E-state index in [0.717, 1.165) is 37.2 Å². The third-order valence-corrected chi connectivity index (χ3v) is 6.79. The molecular weight excluding hydrogens is 451 g/mol. The molecule has 2 aliphatic rings. The lowest BCUT2D eigenvalue weighted by Crippen LogP contribution is -2.38. The average molecular weight is 475 g/mol. The summed E-state index contributed by atoms with van der Waals surface area (Å²) in [6, 6.07) is 7.61. The molecule has 4 unspecified atom stereocenters. The van der Waals surface area contributed by atoms with Gasteiger partial charge in [0.05, 0.1) is 23.3 Å². The number of rotatable bonds is 4. The summed E-state index contributed by atoms with van der Waals surface area (Å²) in [7, 11) is 0. The average Bonchev–Trinajstić information content (AvgIpc) is 3.21. The van der Waals surface area contributed by atoms with Gasteiger partial charge in [-0.3, -0.25) is 0 Å². The molecule has 33 heavy (non-hydrogen) atoms. The Morgan fingerprint density at radius 3 is 2.06 bits per heavy atom. The van der Waals surface area contributed by atoms with Crippen molar-refractivity contribution in [1.82, 2.24) is 5.32 Å². The number of fused-ring (bicyclic) bond motifs is 1. The van der Waals surface area contributed by atoms with Gasteiger partial charge in [-0.1, -0.05) is 12.1 Å². The molecule has 0 bridgehead atoms. The van der Waals surface area contributed by atoms with Crippen LogP contribution < -0.4 is 5.32 Å². The molecule has 1 saturated carbocycles. The van der Waals surface area contributed by atoms with Gasteiger partial charge >= 0.3 is 12.4 Å². The molecule has 1 heterocycles. The minimum absolute atomic E-state index is 0.118. The van der Waals surface area contributed by atoms with Crippen LogP contribution in [-0.4, -0.2) is 19.2 Å². The number of halogens is 7. The summed E-state index contributed by atoms with van der Waals surface area (Å²) in [6.45, 7) is 3.03. The zero-order chi connectivity index (χ0) is 24.0. The van der Waals surface area contributed by atoms with E-state index in [1.165, 1.54) is 19.1 Å². The smallest absolute Gasteiger partial charge is 0.370 e. The molecule has 1 aliphatic carbocycles. The van der Waals surface area contributed by atoms with Gasteiger partial charge in [0.2, 0.25) is 0 Å². The summed E-state index contributed by atoms with van der Waals surface area (Å²) in [5, 5.41) is 3.35. The van der Waals surface area contributed by atoms with Gasteiger partial charge in [-0.25, -0.2) is 4.39 Å². The summed E-state index contributed by atoms with van der Waals surface area (Å²) in [5.41, 5.74) is -2.04. The number of hydrogen-bond donors (Lipinski definition) is 1. The van der Waals surface area contributed by atoms with E-state index in [4.69, 9.17) is 4.74 Å². The Balaban J connectivity index is 1.65. The highest BCUT2D eigenvalue weighted by molar-refractivity contribution is 5.35. The summed E-state index contributed by atoms with van der Waals surface area (Å²) in [4.78, 5) is 0. The van der Waals surface area contributed by atoms with Crippen LogP contribution >= 0.6 is 0 Å². The molecule has 0 radical (unpaired) electrons. The summed E-state index contributed by atoms with van der Waals surface area (Å²) >= 11 is 0. The lowest BCUT2D eigenvalue weighted by atomic mass is 9.69. The SMILES string of the molecule is CC(OC1CCC2CNCC2[C@H]1c1ccc(F)cc1)c1cc(C(F)(F)F)cc(C(F)(F)F)c1. The second-order valence-electron chi connectivity index (χ2n) is 8.89. The molecule has 1 N–H and O–H groups in total. The van der Waals surface area contributed by atoms with Gasteiger partial charge < -0.3 is 10.1 Å². The lowest BCUT2D eigenvalue weighted by molar-refractivity contribution is -0.143. The first kappa shape index (κ1) is 24.0. The zero-order valence-corrected chi connectivity index (χ0v) is 17.8. The predicted molar refractivity (Wildman–Crippen MR) is 108 cm³/mol. The highest BCUT2D eigenvalue weighted by Crippen LogP contribution is 2.46. The van der Waals surface area contributed by atoms with Crippen LogP contribution in [0.2, 0.25) is 0 Å². The van der Waals surface area contributed by atoms with E-state index in [2.05, 4.69) is 5.32 Å². The summed E-state index contributed by atoms with van der Waals surface area (Å²) in [6.07, 6.45) is -9.80. The molecule has 0 aromatic heterocycles. The van der Waals surface area contributed by atoms with Crippen molar-refractivity contribution in [1.29, 1.82) is 0 Å². The van der Waals surface area contributed by atoms with Gasteiger partial charge in [0.25, 0.3) is 0 Å². The maximum absolute atomic E-state index is 13.5. The Morgan fingerprint density at radius 2 is 1.48 bits per heavy atom. The molecule has 0 amide bonds. The van der Waals surface area contributed by atoms with Crippen LogP contribution in [0.15, 0.2) is 42.5 Å². The monoisotopic (exact) mass is 475 g/mol. The summed E-state index contributed by atoms with van der Waals surface area (Å²) in [5.74, 6) is 0.0501. The quantitative estimate of drug-likeness (QED) is 0.496. The Bertz CT molecular complexity index is 938. The van der Waals surface area contributed by atoms with Crippen molar-refractivity contribution >= 4 is 0 Å². The van der Waals surface area contributed by atoms with Gasteiger partial charge in [0.1, 0.15) is 5.82 Å². The fourth-order valence-corrected chi connectivity index (χ4v) is 5.18. The molecule has 2 aromatic rings. The van der Waals surface area contributed by atoms with E-state index >= 15 is 0 Å². The van der Waals surface area contributed by atoms with Gasteiger partial charge in [-0.15, -0.1) is 0 Å². The minimum atomic E-state index is -4.92. The van der Waals surface area contributed by atoms with Crippen LogP contribution in [0.1, 0.15) is 54.0 Å². The zero-order valence-electron chi connectivity index (χ0n) is 17.8. The molecular formula is C24H24F7NO. The molecule has 180 valence electrons. The van der Waals surface area contributed by atoms with E-state index < -0.39 is 35.7 Å². The van der Waals surface area contributed by atoms with Crippen molar-refractivity contribution in [3.8, 4) is 0 Å². The van der Waals surface area contributed by atoms with Crippen molar-refractivity contribution in [2.45, 2.75) is 50.2 Å². The molecule has 2 aromatic carbocycles. The van der Waals surface area contributed by atoms with Crippen LogP contribution in [0, 0.1) is 17.7 Å². The normalized spacial score (nSPS) is 26.8. The predicted octanol–water partition coefficient (Wildman–Crippen LogP) is 6.72.